The van der Waals surface area contributed by atoms with Gasteiger partial charge < -0.3 is 10.0 Å². The van der Waals surface area contributed by atoms with Crippen molar-refractivity contribution < 1.29 is 19.1 Å². The van der Waals surface area contributed by atoms with Crippen LogP contribution in [-0.2, 0) is 29.5 Å². The average Bonchev–Trinajstić information content (AvgIpc) is 3.58. The van der Waals surface area contributed by atoms with Crippen molar-refractivity contribution in [2.24, 2.45) is 12.0 Å². The van der Waals surface area contributed by atoms with Crippen LogP contribution in [0.2, 0.25) is 0 Å². The minimum absolute atomic E-state index is 0.0249. The fraction of sp³-hybridized carbons (Fsp3) is 0.333. The van der Waals surface area contributed by atoms with Crippen LogP contribution in [0, 0.1) is 5.82 Å². The summed E-state index contributed by atoms with van der Waals surface area (Å²) in [5.41, 5.74) is 4.37. The van der Waals surface area contributed by atoms with Gasteiger partial charge in [0, 0.05) is 32.3 Å². The van der Waals surface area contributed by atoms with Crippen molar-refractivity contribution in [2.45, 2.75) is 44.9 Å². The summed E-state index contributed by atoms with van der Waals surface area (Å²) < 4.78 is 15.0. The number of allylic oxidation sites excluding steroid dienone is 1. The molecule has 0 radical (unpaired) electrons. The molecule has 1 N–H and O–H groups in total. The van der Waals surface area contributed by atoms with E-state index in [0.717, 1.165) is 22.3 Å². The lowest BCUT2D eigenvalue weighted by atomic mass is 9.80. The first-order valence-electron chi connectivity index (χ1n) is 13.0. The number of carbonyl (C=O) groups is 2. The number of hydrogen-bond acceptors (Lipinski definition) is 4. The predicted molar refractivity (Wildman–Crippen MR) is 143 cm³/mol. The molecule has 38 heavy (non-hydrogen) atoms. The number of nitrogens with zero attached hydrogens (tertiary/aromatic N) is 4. The Balaban J connectivity index is 1.56. The summed E-state index contributed by atoms with van der Waals surface area (Å²) in [7, 11) is 1.77. The van der Waals surface area contributed by atoms with E-state index in [-0.39, 0.29) is 23.1 Å². The molecule has 2 amide bonds. The molecular weight excluding hydrogens is 483 g/mol. The van der Waals surface area contributed by atoms with Crippen molar-refractivity contribution in [3.8, 4) is 0 Å². The Kier molecular flexibility index (Phi) is 6.97. The molecular formula is C30H31FN4O3. The van der Waals surface area contributed by atoms with Gasteiger partial charge in [0.25, 0.3) is 11.8 Å². The highest BCUT2D eigenvalue weighted by atomic mass is 19.1. The standard InChI is InChI=1S/C30H31FN4O3/c1-4-18-7-6-8-19(5-2)24(18)25-27(23-14-15-34(3)33-23)32-29(37)26(28(25)36)30(38)35-16-13-21(17-35)20-9-11-22(31)12-10-20/h6-12,14-15,21,25,36H,4-5,13,16-17H2,1-3H3. The van der Waals surface area contributed by atoms with E-state index in [1.807, 2.05) is 32.0 Å². The zero-order chi connectivity index (χ0) is 27.0. The third kappa shape index (κ3) is 4.55. The van der Waals surface area contributed by atoms with Crippen LogP contribution in [0.15, 0.2) is 71.1 Å². The maximum absolute atomic E-state index is 13.7. The number of aromatic nitrogens is 2. The summed E-state index contributed by atoms with van der Waals surface area (Å²) in [4.78, 5) is 33.0. The Bertz CT molecular complexity index is 1430. The molecule has 2 aliphatic rings. The van der Waals surface area contributed by atoms with E-state index in [9.17, 15) is 19.1 Å². The first-order chi connectivity index (χ1) is 18.3. The highest BCUT2D eigenvalue weighted by Gasteiger charge is 2.42. The van der Waals surface area contributed by atoms with Crippen LogP contribution < -0.4 is 0 Å². The van der Waals surface area contributed by atoms with Crippen LogP contribution >= 0.6 is 0 Å². The molecule has 0 spiro atoms. The van der Waals surface area contributed by atoms with Gasteiger partial charge in [0.2, 0.25) is 0 Å². The first kappa shape index (κ1) is 25.6. The molecule has 5 rings (SSSR count). The number of carbonyl (C=O) groups excluding carboxylic acids is 2. The molecule has 0 saturated carbocycles. The molecule has 3 heterocycles. The van der Waals surface area contributed by atoms with Gasteiger partial charge in [0.15, 0.2) is 0 Å². The maximum Gasteiger partial charge on any atom is 0.286 e. The van der Waals surface area contributed by atoms with E-state index in [1.165, 1.54) is 12.1 Å². The number of benzene rings is 2. The molecule has 2 atom stereocenters. The lowest BCUT2D eigenvalue weighted by Crippen LogP contribution is -2.37. The van der Waals surface area contributed by atoms with Crippen LogP contribution in [0.5, 0.6) is 0 Å². The van der Waals surface area contributed by atoms with Gasteiger partial charge >= 0.3 is 0 Å². The Morgan fingerprint density at radius 1 is 1.08 bits per heavy atom. The molecule has 1 aromatic heterocycles. The minimum atomic E-state index is -0.789. The molecule has 0 bridgehead atoms. The monoisotopic (exact) mass is 514 g/mol. The predicted octanol–water partition coefficient (Wildman–Crippen LogP) is 4.63. The largest absolute Gasteiger partial charge is 0.510 e. The van der Waals surface area contributed by atoms with Crippen molar-refractivity contribution in [3.63, 3.8) is 0 Å². The average molecular weight is 515 g/mol. The second-order valence-electron chi connectivity index (χ2n) is 9.86. The highest BCUT2D eigenvalue weighted by Crippen LogP contribution is 2.38. The second kappa shape index (κ2) is 10.4. The number of amides is 2. The van der Waals surface area contributed by atoms with Gasteiger partial charge in [-0.25, -0.2) is 9.38 Å². The fourth-order valence-corrected chi connectivity index (χ4v) is 5.61. The summed E-state index contributed by atoms with van der Waals surface area (Å²) in [6.07, 6.45) is 3.87. The molecule has 1 fully saturated rings. The first-order valence-corrected chi connectivity index (χ1v) is 13.0. The van der Waals surface area contributed by atoms with E-state index in [1.54, 1.807) is 41.0 Å². The zero-order valence-electron chi connectivity index (χ0n) is 21.8. The van der Waals surface area contributed by atoms with Gasteiger partial charge in [-0.05, 0) is 59.7 Å². The van der Waals surface area contributed by atoms with Crippen molar-refractivity contribution in [1.29, 1.82) is 0 Å². The van der Waals surface area contributed by atoms with Crippen LogP contribution in [0.4, 0.5) is 4.39 Å². The minimum Gasteiger partial charge on any atom is -0.510 e. The van der Waals surface area contributed by atoms with Crippen molar-refractivity contribution in [3.05, 3.63) is 99.8 Å². The zero-order valence-corrected chi connectivity index (χ0v) is 21.8. The number of aliphatic hydroxyl groups excluding tert-OH is 1. The molecule has 2 unspecified atom stereocenters. The van der Waals surface area contributed by atoms with Gasteiger partial charge in [0.05, 0.1) is 11.6 Å². The van der Waals surface area contributed by atoms with E-state index < -0.39 is 17.7 Å². The molecule has 8 heteroatoms. The van der Waals surface area contributed by atoms with E-state index in [0.29, 0.717) is 43.8 Å². The summed E-state index contributed by atoms with van der Waals surface area (Å²) in [5.74, 6) is -2.65. The van der Waals surface area contributed by atoms with E-state index >= 15 is 0 Å². The summed E-state index contributed by atoms with van der Waals surface area (Å²) in [6.45, 7) is 4.88. The third-order valence-corrected chi connectivity index (χ3v) is 7.58. The molecule has 3 aromatic rings. The van der Waals surface area contributed by atoms with E-state index in [2.05, 4.69) is 10.1 Å². The molecule has 1 saturated heterocycles. The maximum atomic E-state index is 13.7. The third-order valence-electron chi connectivity index (χ3n) is 7.58. The molecule has 2 aliphatic heterocycles. The number of dihydropyridines is 1. The normalized spacial score (nSPS) is 19.7. The second-order valence-corrected chi connectivity index (χ2v) is 9.86. The SMILES string of the molecule is CCc1cccc(CC)c1C1C(c2ccn(C)n2)=NC(=O)C(C(=O)N2CCC(c3ccc(F)cc3)C2)=C1O. The topological polar surface area (TPSA) is 87.8 Å². The molecule has 0 aliphatic carbocycles. The molecule has 7 nitrogen and oxygen atoms in total. The number of aliphatic imine (C=N–C) groups is 1. The van der Waals surface area contributed by atoms with Crippen molar-refractivity contribution in [1.82, 2.24) is 14.7 Å². The number of rotatable bonds is 6. The van der Waals surface area contributed by atoms with Crippen LogP contribution in [0.3, 0.4) is 0 Å². The Morgan fingerprint density at radius 3 is 2.37 bits per heavy atom. The quantitative estimate of drug-likeness (QED) is 0.486. The van der Waals surface area contributed by atoms with E-state index in [4.69, 9.17) is 0 Å². The highest BCUT2D eigenvalue weighted by molar-refractivity contribution is 6.26. The summed E-state index contributed by atoms with van der Waals surface area (Å²) in [5, 5.41) is 16.2. The van der Waals surface area contributed by atoms with Gasteiger partial charge in [-0.2, -0.15) is 5.10 Å². The van der Waals surface area contributed by atoms with Gasteiger partial charge in [0.1, 0.15) is 22.8 Å². The lowest BCUT2D eigenvalue weighted by molar-refractivity contribution is -0.129. The smallest absolute Gasteiger partial charge is 0.286 e. The Labute approximate surface area is 221 Å². The number of likely N-dealkylation sites (tertiary alicyclic amines) is 1. The molecule has 2 aromatic carbocycles. The Hall–Kier alpha value is -4.07. The molecule has 196 valence electrons. The van der Waals surface area contributed by atoms with Crippen LogP contribution in [0.25, 0.3) is 0 Å². The lowest BCUT2D eigenvalue weighted by Gasteiger charge is -2.28. The van der Waals surface area contributed by atoms with Gasteiger partial charge in [-0.1, -0.05) is 44.2 Å². The van der Waals surface area contributed by atoms with Crippen molar-refractivity contribution >= 4 is 17.5 Å². The number of aryl methyl sites for hydroxylation is 3. The summed E-state index contributed by atoms with van der Waals surface area (Å²) >= 11 is 0. The van der Waals surface area contributed by atoms with Crippen LogP contribution in [0.1, 0.15) is 60.1 Å². The fourth-order valence-electron chi connectivity index (χ4n) is 5.61. The van der Waals surface area contributed by atoms with Crippen LogP contribution in [-0.4, -0.2) is 50.4 Å². The van der Waals surface area contributed by atoms with Gasteiger partial charge in [-0.15, -0.1) is 0 Å². The Morgan fingerprint density at radius 2 is 1.76 bits per heavy atom. The number of halogens is 1. The summed E-state index contributed by atoms with van der Waals surface area (Å²) in [6, 6.07) is 14.0. The number of aliphatic hydroxyl groups is 1. The number of hydrogen-bond donors (Lipinski definition) is 1. The van der Waals surface area contributed by atoms with Gasteiger partial charge in [-0.3, -0.25) is 14.3 Å². The van der Waals surface area contributed by atoms with Crippen molar-refractivity contribution in [2.75, 3.05) is 13.1 Å².